The van der Waals surface area contributed by atoms with Crippen LogP contribution in [0.3, 0.4) is 0 Å². The Labute approximate surface area is 159 Å². The van der Waals surface area contributed by atoms with E-state index in [4.69, 9.17) is 9.15 Å². The van der Waals surface area contributed by atoms with Gasteiger partial charge in [-0.25, -0.2) is 0 Å². The quantitative estimate of drug-likeness (QED) is 0.627. The van der Waals surface area contributed by atoms with E-state index >= 15 is 0 Å². The average molecular weight is 361 g/mol. The van der Waals surface area contributed by atoms with Crippen molar-refractivity contribution in [3.63, 3.8) is 0 Å². The van der Waals surface area contributed by atoms with E-state index in [1.165, 1.54) is 17.5 Å². The molecule has 0 spiro atoms. The Bertz CT molecular complexity index is 887. The molecule has 4 heteroatoms. The number of fused-ring (bicyclic) bond motifs is 1. The van der Waals surface area contributed by atoms with Crippen molar-refractivity contribution in [1.29, 1.82) is 0 Å². The second kappa shape index (κ2) is 8.12. The van der Waals surface area contributed by atoms with Crippen LogP contribution in [0.2, 0.25) is 0 Å². The molecular formula is C23H23NO3. The molecule has 0 aliphatic heterocycles. The van der Waals surface area contributed by atoms with Crippen LogP contribution < -0.4 is 4.74 Å². The normalized spacial score (nSPS) is 12.6. The van der Waals surface area contributed by atoms with Gasteiger partial charge in [0.15, 0.2) is 6.61 Å². The van der Waals surface area contributed by atoms with E-state index in [2.05, 4.69) is 12.1 Å². The maximum Gasteiger partial charge on any atom is 0.261 e. The number of aryl methyl sites for hydroxylation is 2. The fraction of sp³-hybridized carbons (Fsp3) is 0.261. The number of nitrogens with zero attached hydrogens (tertiary/aromatic N) is 1. The summed E-state index contributed by atoms with van der Waals surface area (Å²) in [5.74, 6) is 1.47. The third kappa shape index (κ3) is 4.40. The fourth-order valence-electron chi connectivity index (χ4n) is 3.50. The summed E-state index contributed by atoms with van der Waals surface area (Å²) in [6.07, 6.45) is 5.06. The molecule has 3 aromatic rings. The van der Waals surface area contributed by atoms with Crippen molar-refractivity contribution < 1.29 is 13.9 Å². The number of furan rings is 1. The summed E-state index contributed by atoms with van der Waals surface area (Å²) in [7, 11) is 0. The lowest BCUT2D eigenvalue weighted by atomic mass is 10.1. The molecule has 0 unspecified atom stereocenters. The lowest BCUT2D eigenvalue weighted by Gasteiger charge is -2.22. The molecule has 0 N–H and O–H groups in total. The Hall–Kier alpha value is -3.01. The van der Waals surface area contributed by atoms with Crippen LogP contribution in [0.25, 0.3) is 0 Å². The van der Waals surface area contributed by atoms with Gasteiger partial charge in [0.25, 0.3) is 5.91 Å². The summed E-state index contributed by atoms with van der Waals surface area (Å²) in [6, 6.07) is 19.8. The van der Waals surface area contributed by atoms with Crippen LogP contribution in [-0.4, -0.2) is 17.4 Å². The smallest absolute Gasteiger partial charge is 0.261 e. The minimum absolute atomic E-state index is 0.0202. The van der Waals surface area contributed by atoms with Crippen molar-refractivity contribution in [3.05, 3.63) is 89.4 Å². The Morgan fingerprint density at radius 2 is 1.81 bits per heavy atom. The number of hydrogen-bond acceptors (Lipinski definition) is 3. The van der Waals surface area contributed by atoms with Crippen molar-refractivity contribution >= 4 is 5.91 Å². The van der Waals surface area contributed by atoms with Crippen LogP contribution in [0.15, 0.2) is 71.3 Å². The van der Waals surface area contributed by atoms with Gasteiger partial charge in [0.05, 0.1) is 12.8 Å². The van der Waals surface area contributed by atoms with Crippen molar-refractivity contribution in [2.75, 3.05) is 6.61 Å². The maximum absolute atomic E-state index is 12.8. The Balaban J connectivity index is 1.43. The van der Waals surface area contributed by atoms with E-state index < -0.39 is 0 Å². The number of benzene rings is 2. The van der Waals surface area contributed by atoms with Gasteiger partial charge in [0.2, 0.25) is 0 Å². The zero-order valence-corrected chi connectivity index (χ0v) is 15.3. The van der Waals surface area contributed by atoms with Gasteiger partial charge in [-0.3, -0.25) is 4.79 Å². The Kier molecular flexibility index (Phi) is 5.24. The van der Waals surface area contributed by atoms with Crippen molar-refractivity contribution in [3.8, 4) is 5.75 Å². The first-order valence-corrected chi connectivity index (χ1v) is 9.36. The number of hydrogen-bond donors (Lipinski definition) is 0. The number of rotatable bonds is 7. The van der Waals surface area contributed by atoms with Crippen LogP contribution in [0.5, 0.6) is 5.75 Å². The zero-order chi connectivity index (χ0) is 18.5. The molecule has 2 aromatic carbocycles. The van der Waals surface area contributed by atoms with Gasteiger partial charge in [0.1, 0.15) is 11.5 Å². The highest BCUT2D eigenvalue weighted by Gasteiger charge is 2.17. The molecule has 0 saturated carbocycles. The molecule has 4 rings (SSSR count). The Morgan fingerprint density at radius 3 is 2.63 bits per heavy atom. The van der Waals surface area contributed by atoms with E-state index in [0.29, 0.717) is 13.1 Å². The summed E-state index contributed by atoms with van der Waals surface area (Å²) >= 11 is 0. The largest absolute Gasteiger partial charge is 0.484 e. The predicted molar refractivity (Wildman–Crippen MR) is 103 cm³/mol. The van der Waals surface area contributed by atoms with Crippen molar-refractivity contribution in [2.24, 2.45) is 0 Å². The van der Waals surface area contributed by atoms with Crippen LogP contribution in [0, 0.1) is 0 Å². The molecule has 0 radical (unpaired) electrons. The molecule has 1 heterocycles. The minimum Gasteiger partial charge on any atom is -0.484 e. The van der Waals surface area contributed by atoms with Gasteiger partial charge < -0.3 is 14.1 Å². The lowest BCUT2D eigenvalue weighted by molar-refractivity contribution is -0.134. The minimum atomic E-state index is -0.0595. The van der Waals surface area contributed by atoms with Crippen molar-refractivity contribution in [2.45, 2.75) is 32.4 Å². The topological polar surface area (TPSA) is 42.7 Å². The van der Waals surface area contributed by atoms with E-state index in [0.717, 1.165) is 29.9 Å². The summed E-state index contributed by atoms with van der Waals surface area (Å²) in [6.45, 7) is 0.967. The highest BCUT2D eigenvalue weighted by Crippen LogP contribution is 2.26. The molecule has 4 nitrogen and oxygen atoms in total. The van der Waals surface area contributed by atoms with Crippen LogP contribution >= 0.6 is 0 Å². The molecule has 0 bridgehead atoms. The molecule has 138 valence electrons. The summed E-state index contributed by atoms with van der Waals surface area (Å²) in [5, 5.41) is 0. The van der Waals surface area contributed by atoms with Crippen LogP contribution in [0.4, 0.5) is 0 Å². The molecule has 0 fully saturated rings. The number of ether oxygens (including phenoxy) is 1. The molecule has 1 aliphatic carbocycles. The Morgan fingerprint density at radius 1 is 0.963 bits per heavy atom. The molecule has 1 amide bonds. The van der Waals surface area contributed by atoms with Gasteiger partial charge in [0, 0.05) is 6.54 Å². The first kappa shape index (κ1) is 17.4. The van der Waals surface area contributed by atoms with E-state index in [1.54, 1.807) is 11.2 Å². The highest BCUT2D eigenvalue weighted by molar-refractivity contribution is 5.77. The van der Waals surface area contributed by atoms with Gasteiger partial charge in [-0.15, -0.1) is 0 Å². The van der Waals surface area contributed by atoms with Crippen LogP contribution in [-0.2, 0) is 30.7 Å². The number of carbonyl (C=O) groups excluding carboxylic acids is 1. The fourth-order valence-corrected chi connectivity index (χ4v) is 3.50. The summed E-state index contributed by atoms with van der Waals surface area (Å²) in [5.41, 5.74) is 3.82. The van der Waals surface area contributed by atoms with Gasteiger partial charge in [-0.1, -0.05) is 36.4 Å². The second-order valence-electron chi connectivity index (χ2n) is 6.89. The van der Waals surface area contributed by atoms with Gasteiger partial charge >= 0.3 is 0 Å². The van der Waals surface area contributed by atoms with Gasteiger partial charge in [-0.05, 0) is 60.2 Å². The second-order valence-corrected chi connectivity index (χ2v) is 6.89. The number of amides is 1. The first-order valence-electron chi connectivity index (χ1n) is 9.36. The zero-order valence-electron chi connectivity index (χ0n) is 15.3. The summed E-state index contributed by atoms with van der Waals surface area (Å²) in [4.78, 5) is 14.6. The molecule has 0 atom stereocenters. The van der Waals surface area contributed by atoms with Crippen LogP contribution in [0.1, 0.15) is 28.9 Å². The molecule has 1 aromatic heterocycles. The third-order valence-corrected chi connectivity index (χ3v) is 4.93. The monoisotopic (exact) mass is 361 g/mol. The SMILES string of the molecule is O=C(COc1ccc2c(c1)CCC2)N(Cc1ccccc1)Cc1ccco1. The molecule has 1 aliphatic rings. The molecular weight excluding hydrogens is 338 g/mol. The maximum atomic E-state index is 12.8. The third-order valence-electron chi connectivity index (χ3n) is 4.93. The first-order chi connectivity index (χ1) is 13.3. The molecule has 27 heavy (non-hydrogen) atoms. The number of carbonyl (C=O) groups is 1. The predicted octanol–water partition coefficient (Wildman–Crippen LogP) is 4.38. The summed E-state index contributed by atoms with van der Waals surface area (Å²) < 4.78 is 11.2. The standard InChI is InChI=1S/C23H23NO3/c25-23(17-27-21-12-11-19-8-4-9-20(19)14-21)24(16-22-10-5-13-26-22)15-18-6-2-1-3-7-18/h1-3,5-7,10-14H,4,8-9,15-17H2. The molecule has 0 saturated heterocycles. The van der Waals surface area contributed by atoms with Gasteiger partial charge in [-0.2, -0.15) is 0 Å². The average Bonchev–Trinajstić information content (AvgIpc) is 3.37. The van der Waals surface area contributed by atoms with E-state index in [1.807, 2.05) is 48.5 Å². The highest BCUT2D eigenvalue weighted by atomic mass is 16.5. The lowest BCUT2D eigenvalue weighted by Crippen LogP contribution is -2.34. The van der Waals surface area contributed by atoms with E-state index in [-0.39, 0.29) is 12.5 Å². The van der Waals surface area contributed by atoms with E-state index in [9.17, 15) is 4.79 Å². The van der Waals surface area contributed by atoms with Crippen molar-refractivity contribution in [1.82, 2.24) is 4.90 Å².